The maximum Gasteiger partial charge on any atom is 0.244 e. The molecule has 0 radical (unpaired) electrons. The molecule has 2 unspecified atom stereocenters. The Hall–Kier alpha value is -1.92. The molecule has 6 heteroatoms. The molecule has 1 saturated heterocycles. The molecule has 1 aromatic heterocycles. The van der Waals surface area contributed by atoms with Crippen molar-refractivity contribution in [3.05, 3.63) is 54.4 Å². The molecule has 1 aliphatic heterocycles. The zero-order valence-electron chi connectivity index (χ0n) is 13.2. The van der Waals surface area contributed by atoms with Crippen molar-refractivity contribution >= 4 is 10.0 Å². The minimum Gasteiger partial charge on any atom is -0.497 e. The average molecular weight is 332 g/mol. The molecule has 1 aliphatic rings. The molecule has 1 aromatic carbocycles. The first-order valence-electron chi connectivity index (χ1n) is 7.58. The summed E-state index contributed by atoms with van der Waals surface area (Å²) < 4.78 is 32.3. The van der Waals surface area contributed by atoms with Crippen molar-refractivity contribution < 1.29 is 13.2 Å². The van der Waals surface area contributed by atoms with Crippen LogP contribution in [0, 0.1) is 0 Å². The third-order valence-corrected chi connectivity index (χ3v) is 6.31. The van der Waals surface area contributed by atoms with Gasteiger partial charge in [0.25, 0.3) is 0 Å². The summed E-state index contributed by atoms with van der Waals surface area (Å²) in [5.41, 5.74) is 1.14. The van der Waals surface area contributed by atoms with Crippen LogP contribution >= 0.6 is 0 Å². The number of hydrogen-bond donors (Lipinski definition) is 0. The Morgan fingerprint density at radius 3 is 2.57 bits per heavy atom. The van der Waals surface area contributed by atoms with Gasteiger partial charge in [-0.15, -0.1) is 0 Å². The van der Waals surface area contributed by atoms with Gasteiger partial charge in [0.2, 0.25) is 10.0 Å². The molecular formula is C17H20N2O3S. The van der Waals surface area contributed by atoms with E-state index < -0.39 is 10.0 Å². The van der Waals surface area contributed by atoms with Gasteiger partial charge in [-0.05, 0) is 49.1 Å². The number of rotatable bonds is 4. The first kappa shape index (κ1) is 16.0. The number of pyridine rings is 1. The third kappa shape index (κ3) is 3.09. The van der Waals surface area contributed by atoms with E-state index in [0.717, 1.165) is 17.7 Å². The SMILES string of the molecule is COc1ccc(C2CC(C)N(S(=O)(=O)c3cccnc3)C2)cc1. The largest absolute Gasteiger partial charge is 0.497 e. The molecule has 0 amide bonds. The van der Waals surface area contributed by atoms with E-state index in [1.165, 1.54) is 6.20 Å². The van der Waals surface area contributed by atoms with Crippen LogP contribution in [-0.2, 0) is 10.0 Å². The Morgan fingerprint density at radius 2 is 1.96 bits per heavy atom. The monoisotopic (exact) mass is 332 g/mol. The molecule has 0 N–H and O–H groups in total. The third-order valence-electron chi connectivity index (χ3n) is 4.35. The van der Waals surface area contributed by atoms with Crippen molar-refractivity contribution in [1.29, 1.82) is 0 Å². The fourth-order valence-electron chi connectivity index (χ4n) is 3.09. The van der Waals surface area contributed by atoms with Crippen LogP contribution in [0.5, 0.6) is 5.75 Å². The van der Waals surface area contributed by atoms with E-state index >= 15 is 0 Å². The zero-order chi connectivity index (χ0) is 16.4. The minimum atomic E-state index is -3.50. The van der Waals surface area contributed by atoms with Crippen LogP contribution in [0.2, 0.25) is 0 Å². The molecule has 2 aromatic rings. The van der Waals surface area contributed by atoms with Gasteiger partial charge < -0.3 is 4.74 Å². The van der Waals surface area contributed by atoms with Gasteiger partial charge in [0.1, 0.15) is 10.6 Å². The molecule has 2 heterocycles. The molecule has 0 aliphatic carbocycles. The van der Waals surface area contributed by atoms with Crippen molar-refractivity contribution in [3.63, 3.8) is 0 Å². The highest BCUT2D eigenvalue weighted by Crippen LogP contribution is 2.35. The van der Waals surface area contributed by atoms with Crippen LogP contribution in [0.3, 0.4) is 0 Å². The lowest BCUT2D eigenvalue weighted by atomic mass is 9.97. The Balaban J connectivity index is 1.83. The highest BCUT2D eigenvalue weighted by molar-refractivity contribution is 7.89. The summed E-state index contributed by atoms with van der Waals surface area (Å²) in [5, 5.41) is 0. The summed E-state index contributed by atoms with van der Waals surface area (Å²) in [4.78, 5) is 4.18. The predicted molar refractivity (Wildman–Crippen MR) is 87.9 cm³/mol. The molecule has 2 atom stereocenters. The lowest BCUT2D eigenvalue weighted by Crippen LogP contribution is -2.34. The molecule has 122 valence electrons. The summed E-state index contributed by atoms with van der Waals surface area (Å²) in [7, 11) is -1.86. The van der Waals surface area contributed by atoms with Crippen LogP contribution in [0.25, 0.3) is 0 Å². The number of benzene rings is 1. The maximum absolute atomic E-state index is 12.8. The van der Waals surface area contributed by atoms with E-state index in [0.29, 0.717) is 6.54 Å². The summed E-state index contributed by atoms with van der Waals surface area (Å²) in [5.74, 6) is 1.00. The summed E-state index contributed by atoms with van der Waals surface area (Å²) in [6, 6.07) is 11.1. The molecule has 0 bridgehead atoms. The van der Waals surface area contributed by atoms with Gasteiger partial charge in [-0.25, -0.2) is 8.42 Å². The molecule has 0 saturated carbocycles. The zero-order valence-corrected chi connectivity index (χ0v) is 14.0. The molecule has 5 nitrogen and oxygen atoms in total. The molecular weight excluding hydrogens is 312 g/mol. The van der Waals surface area contributed by atoms with Crippen LogP contribution in [0.4, 0.5) is 0 Å². The predicted octanol–water partition coefficient (Wildman–Crippen LogP) is 2.66. The topological polar surface area (TPSA) is 59.5 Å². The summed E-state index contributed by atoms with van der Waals surface area (Å²) >= 11 is 0. The number of ether oxygens (including phenoxy) is 1. The van der Waals surface area contributed by atoms with Crippen molar-refractivity contribution in [2.75, 3.05) is 13.7 Å². The van der Waals surface area contributed by atoms with Gasteiger partial charge in [0.15, 0.2) is 0 Å². The van der Waals surface area contributed by atoms with Crippen molar-refractivity contribution in [2.45, 2.75) is 30.2 Å². The standard InChI is InChI=1S/C17H20N2O3S/c1-13-10-15(14-5-7-16(22-2)8-6-14)12-19(13)23(20,21)17-4-3-9-18-11-17/h3-9,11,13,15H,10,12H2,1-2H3. The number of hydrogen-bond acceptors (Lipinski definition) is 4. The minimum absolute atomic E-state index is 0.0349. The second-order valence-electron chi connectivity index (χ2n) is 5.82. The van der Waals surface area contributed by atoms with Gasteiger partial charge >= 0.3 is 0 Å². The lowest BCUT2D eigenvalue weighted by molar-refractivity contribution is 0.407. The van der Waals surface area contributed by atoms with Crippen LogP contribution in [0.1, 0.15) is 24.8 Å². The highest BCUT2D eigenvalue weighted by atomic mass is 32.2. The molecule has 23 heavy (non-hydrogen) atoms. The normalized spacial score (nSPS) is 22.2. The first-order valence-corrected chi connectivity index (χ1v) is 9.02. The number of methoxy groups -OCH3 is 1. The van der Waals surface area contributed by atoms with E-state index in [2.05, 4.69) is 4.98 Å². The fraction of sp³-hybridized carbons (Fsp3) is 0.353. The quantitative estimate of drug-likeness (QED) is 0.864. The van der Waals surface area contributed by atoms with E-state index in [4.69, 9.17) is 4.74 Å². The smallest absolute Gasteiger partial charge is 0.244 e. The van der Waals surface area contributed by atoms with Gasteiger partial charge in [0.05, 0.1) is 7.11 Å². The van der Waals surface area contributed by atoms with Crippen molar-refractivity contribution in [1.82, 2.24) is 9.29 Å². The molecule has 0 spiro atoms. The average Bonchev–Trinajstić information content (AvgIpc) is 2.98. The molecule has 1 fully saturated rings. The Kier molecular flexibility index (Phi) is 4.37. The van der Waals surface area contributed by atoms with E-state index in [1.54, 1.807) is 29.7 Å². The van der Waals surface area contributed by atoms with Gasteiger partial charge in [-0.3, -0.25) is 4.98 Å². The Labute approximate surface area is 137 Å². The maximum atomic E-state index is 12.8. The number of aromatic nitrogens is 1. The van der Waals surface area contributed by atoms with Crippen LogP contribution < -0.4 is 4.74 Å². The summed E-state index contributed by atoms with van der Waals surface area (Å²) in [6.45, 7) is 2.45. The van der Waals surface area contributed by atoms with E-state index in [9.17, 15) is 8.42 Å². The van der Waals surface area contributed by atoms with Gasteiger partial charge in [-0.1, -0.05) is 12.1 Å². The lowest BCUT2D eigenvalue weighted by Gasteiger charge is -2.20. The highest BCUT2D eigenvalue weighted by Gasteiger charge is 2.38. The second kappa shape index (κ2) is 6.29. The second-order valence-corrected chi connectivity index (χ2v) is 7.71. The van der Waals surface area contributed by atoms with Gasteiger partial charge in [-0.2, -0.15) is 4.31 Å². The number of sulfonamides is 1. The first-order chi connectivity index (χ1) is 11.0. The Bertz CT molecular complexity index is 760. The fourth-order valence-corrected chi connectivity index (χ4v) is 4.74. The van der Waals surface area contributed by atoms with Gasteiger partial charge in [0, 0.05) is 25.0 Å². The van der Waals surface area contributed by atoms with Crippen LogP contribution in [-0.4, -0.2) is 37.4 Å². The Morgan fingerprint density at radius 1 is 1.22 bits per heavy atom. The number of nitrogens with zero attached hydrogens (tertiary/aromatic N) is 2. The van der Waals surface area contributed by atoms with Crippen molar-refractivity contribution in [3.8, 4) is 5.75 Å². The van der Waals surface area contributed by atoms with E-state index in [-0.39, 0.29) is 16.9 Å². The van der Waals surface area contributed by atoms with E-state index in [1.807, 2.05) is 31.2 Å². The van der Waals surface area contributed by atoms with Crippen molar-refractivity contribution in [2.24, 2.45) is 0 Å². The van der Waals surface area contributed by atoms with Crippen LogP contribution in [0.15, 0.2) is 53.7 Å². The summed E-state index contributed by atoms with van der Waals surface area (Å²) in [6.07, 6.45) is 3.79. The molecule has 3 rings (SSSR count).